The number of rotatable bonds is 5. The molecule has 1 rings (SSSR count). The highest BCUT2D eigenvalue weighted by Gasteiger charge is 2.22. The maximum Gasteiger partial charge on any atom is 0.280 e. The van der Waals surface area contributed by atoms with Gasteiger partial charge in [-0.1, -0.05) is 6.92 Å². The number of amides is 1. The summed E-state index contributed by atoms with van der Waals surface area (Å²) in [5.74, 6) is 0.316. The first-order valence-corrected chi connectivity index (χ1v) is 7.92. The number of carbonyl (C=O) groups excluding carboxylic acids is 1. The van der Waals surface area contributed by atoms with Crippen LogP contribution in [0.2, 0.25) is 0 Å². The van der Waals surface area contributed by atoms with E-state index in [0.717, 1.165) is 0 Å². The van der Waals surface area contributed by atoms with Gasteiger partial charge >= 0.3 is 0 Å². The Bertz CT molecular complexity index is 539. The van der Waals surface area contributed by atoms with Crippen LogP contribution in [0.5, 0.6) is 0 Å². The van der Waals surface area contributed by atoms with Crippen LogP contribution >= 0.6 is 10.7 Å². The molecule has 1 heterocycles. The molecule has 1 unspecified atom stereocenters. The largest absolute Gasteiger partial charge is 0.355 e. The van der Waals surface area contributed by atoms with E-state index < -0.39 is 15.1 Å². The van der Waals surface area contributed by atoms with Crippen LogP contribution in [-0.2, 0) is 20.3 Å². The van der Waals surface area contributed by atoms with Crippen LogP contribution in [0.15, 0.2) is 11.2 Å². The van der Waals surface area contributed by atoms with E-state index in [2.05, 4.69) is 10.3 Å². The summed E-state index contributed by atoms with van der Waals surface area (Å²) in [6.45, 7) is 5.83. The molecule has 1 aromatic heterocycles. The van der Waals surface area contributed by atoms with E-state index in [-0.39, 0.29) is 10.9 Å². The Morgan fingerprint density at radius 1 is 1.56 bits per heavy atom. The fourth-order valence-electron chi connectivity index (χ4n) is 1.57. The zero-order valence-electron chi connectivity index (χ0n) is 10.5. The van der Waals surface area contributed by atoms with Gasteiger partial charge < -0.3 is 9.88 Å². The molecule has 0 spiro atoms. The number of imidazole rings is 1. The lowest BCUT2D eigenvalue weighted by Gasteiger charge is -2.14. The Morgan fingerprint density at radius 2 is 2.17 bits per heavy atom. The van der Waals surface area contributed by atoms with Crippen molar-refractivity contribution in [3.8, 4) is 0 Å². The van der Waals surface area contributed by atoms with Crippen molar-refractivity contribution in [2.24, 2.45) is 0 Å². The van der Waals surface area contributed by atoms with Crippen molar-refractivity contribution in [3.05, 3.63) is 12.0 Å². The van der Waals surface area contributed by atoms with Gasteiger partial charge in [0.2, 0.25) is 5.91 Å². The fourth-order valence-corrected chi connectivity index (χ4v) is 2.25. The predicted octanol–water partition coefficient (Wildman–Crippen LogP) is 1.07. The summed E-state index contributed by atoms with van der Waals surface area (Å²) in [6, 6.07) is -0.528. The Morgan fingerprint density at radius 3 is 2.61 bits per heavy atom. The minimum atomic E-state index is -3.88. The summed E-state index contributed by atoms with van der Waals surface area (Å²) in [7, 11) is 1.36. The number of aryl methyl sites for hydroxylation is 1. The Hall–Kier alpha value is -1.08. The zero-order valence-corrected chi connectivity index (χ0v) is 12.0. The lowest BCUT2D eigenvalue weighted by atomic mass is 10.3. The van der Waals surface area contributed by atoms with Gasteiger partial charge in [-0.15, -0.1) is 0 Å². The quantitative estimate of drug-likeness (QED) is 0.824. The maximum atomic E-state index is 11.7. The molecule has 1 N–H and O–H groups in total. The smallest absolute Gasteiger partial charge is 0.280 e. The van der Waals surface area contributed by atoms with Crippen molar-refractivity contribution in [2.75, 3.05) is 6.54 Å². The molecule has 0 aliphatic rings. The third-order valence-corrected chi connectivity index (χ3v) is 3.67. The van der Waals surface area contributed by atoms with Gasteiger partial charge in [0.05, 0.1) is 0 Å². The van der Waals surface area contributed by atoms with Gasteiger partial charge in [-0.05, 0) is 13.8 Å². The summed E-state index contributed by atoms with van der Waals surface area (Å²) in [6.07, 6.45) is 1.80. The van der Waals surface area contributed by atoms with Crippen LogP contribution in [-0.4, -0.2) is 30.4 Å². The third kappa shape index (κ3) is 3.23. The molecule has 8 heteroatoms. The van der Waals surface area contributed by atoms with E-state index in [4.69, 9.17) is 10.7 Å². The molecular formula is C10H16ClN3O3S. The monoisotopic (exact) mass is 293 g/mol. The van der Waals surface area contributed by atoms with Crippen molar-refractivity contribution in [1.29, 1.82) is 0 Å². The highest BCUT2D eigenvalue weighted by atomic mass is 35.7. The molecule has 0 bridgehead atoms. The third-order valence-electron chi connectivity index (χ3n) is 2.50. The SMILES string of the molecule is CCNC(=O)C(C)n1cc(S(=O)(=O)Cl)nc1CC. The standard InChI is InChI=1S/C10H16ClN3O3S/c1-4-8-13-9(18(11,16)17)6-14(8)7(3)10(15)12-5-2/h6-7H,4-5H2,1-3H3,(H,12,15). The summed E-state index contributed by atoms with van der Waals surface area (Å²) in [4.78, 5) is 15.7. The van der Waals surface area contributed by atoms with E-state index >= 15 is 0 Å². The number of nitrogens with one attached hydrogen (secondary N) is 1. The van der Waals surface area contributed by atoms with Crippen molar-refractivity contribution in [1.82, 2.24) is 14.9 Å². The average Bonchev–Trinajstić information content (AvgIpc) is 2.71. The molecule has 18 heavy (non-hydrogen) atoms. The minimum absolute atomic E-state index is 0.192. The first-order valence-electron chi connectivity index (χ1n) is 5.61. The molecule has 102 valence electrons. The lowest BCUT2D eigenvalue weighted by Crippen LogP contribution is -2.31. The number of hydrogen-bond donors (Lipinski definition) is 1. The van der Waals surface area contributed by atoms with Crippen LogP contribution < -0.4 is 5.32 Å². The molecule has 0 fully saturated rings. The van der Waals surface area contributed by atoms with Crippen molar-refractivity contribution in [3.63, 3.8) is 0 Å². The second kappa shape index (κ2) is 5.71. The molecule has 1 atom stereocenters. The van der Waals surface area contributed by atoms with E-state index in [0.29, 0.717) is 18.8 Å². The Kier molecular flexibility index (Phi) is 4.75. The first kappa shape index (κ1) is 15.0. The summed E-state index contributed by atoms with van der Waals surface area (Å²) >= 11 is 0. The normalized spacial score (nSPS) is 13.3. The van der Waals surface area contributed by atoms with E-state index in [1.807, 2.05) is 13.8 Å². The van der Waals surface area contributed by atoms with Crippen LogP contribution in [0.4, 0.5) is 0 Å². The molecule has 0 aliphatic carbocycles. The molecule has 0 radical (unpaired) electrons. The van der Waals surface area contributed by atoms with Crippen molar-refractivity contribution < 1.29 is 13.2 Å². The predicted molar refractivity (Wildman–Crippen MR) is 68.0 cm³/mol. The number of carbonyl (C=O) groups is 1. The highest BCUT2D eigenvalue weighted by Crippen LogP contribution is 2.18. The number of hydrogen-bond acceptors (Lipinski definition) is 4. The Labute approximate surface area is 111 Å². The molecule has 0 aliphatic heterocycles. The zero-order chi connectivity index (χ0) is 13.9. The molecule has 0 saturated carbocycles. The fraction of sp³-hybridized carbons (Fsp3) is 0.600. The van der Waals surface area contributed by atoms with E-state index in [1.165, 1.54) is 10.8 Å². The Balaban J connectivity index is 3.16. The van der Waals surface area contributed by atoms with E-state index in [9.17, 15) is 13.2 Å². The molecule has 0 saturated heterocycles. The highest BCUT2D eigenvalue weighted by molar-refractivity contribution is 8.13. The minimum Gasteiger partial charge on any atom is -0.355 e. The van der Waals surface area contributed by atoms with Crippen molar-refractivity contribution >= 4 is 25.6 Å². The van der Waals surface area contributed by atoms with Gasteiger partial charge in [-0.2, -0.15) is 0 Å². The van der Waals surface area contributed by atoms with Gasteiger partial charge in [0.15, 0.2) is 5.03 Å². The summed E-state index contributed by atoms with van der Waals surface area (Å²) in [5, 5.41) is 2.45. The van der Waals surface area contributed by atoms with E-state index in [1.54, 1.807) is 6.92 Å². The summed E-state index contributed by atoms with van der Waals surface area (Å²) < 4.78 is 24.0. The molecule has 1 aromatic rings. The second-order valence-corrected chi connectivity index (χ2v) is 6.28. The number of likely N-dealkylation sites (N-methyl/N-ethyl adjacent to an activating group) is 1. The topological polar surface area (TPSA) is 81.1 Å². The first-order chi connectivity index (χ1) is 8.31. The maximum absolute atomic E-state index is 11.7. The van der Waals surface area contributed by atoms with Gasteiger partial charge in [0.25, 0.3) is 9.05 Å². The lowest BCUT2D eigenvalue weighted by molar-refractivity contribution is -0.123. The number of nitrogens with zero attached hydrogens (tertiary/aromatic N) is 2. The molecule has 0 aromatic carbocycles. The van der Waals surface area contributed by atoms with Crippen molar-refractivity contribution in [2.45, 2.75) is 38.3 Å². The van der Waals surface area contributed by atoms with Gasteiger partial charge in [-0.3, -0.25) is 4.79 Å². The van der Waals surface area contributed by atoms with Crippen LogP contribution in [0, 0.1) is 0 Å². The number of aromatic nitrogens is 2. The average molecular weight is 294 g/mol. The molecule has 1 amide bonds. The van der Waals surface area contributed by atoms with Crippen LogP contribution in [0.1, 0.15) is 32.6 Å². The number of halogens is 1. The van der Waals surface area contributed by atoms with Gasteiger partial charge in [-0.25, -0.2) is 13.4 Å². The van der Waals surface area contributed by atoms with Crippen LogP contribution in [0.3, 0.4) is 0 Å². The summed E-state index contributed by atoms with van der Waals surface area (Å²) in [5.41, 5.74) is 0. The molecular weight excluding hydrogens is 278 g/mol. The van der Waals surface area contributed by atoms with Crippen LogP contribution in [0.25, 0.3) is 0 Å². The van der Waals surface area contributed by atoms with Gasteiger partial charge in [0, 0.05) is 29.8 Å². The second-order valence-electron chi connectivity index (χ2n) is 3.76. The molecule has 6 nitrogen and oxygen atoms in total. The van der Waals surface area contributed by atoms with Gasteiger partial charge in [0.1, 0.15) is 11.9 Å².